The van der Waals surface area contributed by atoms with E-state index in [1.807, 2.05) is 0 Å². The largest absolute Gasteiger partial charge is 0.379 e. The van der Waals surface area contributed by atoms with Crippen LogP contribution in [0, 0.1) is 0 Å². The maximum absolute atomic E-state index is 5.44. The molecule has 3 heteroatoms. The standard InChI is InChI=1S/C20H26N2O/c1-21(12-13-22-14-16-23-17-15-22)20(18-8-4-2-5-9-18)19-10-6-3-7-11-19/h2-11,20H,12-17H2,1H3. The first kappa shape index (κ1) is 16.2. The lowest BCUT2D eigenvalue weighted by Crippen LogP contribution is -2.41. The van der Waals surface area contributed by atoms with E-state index < -0.39 is 0 Å². The third-order valence-electron chi connectivity index (χ3n) is 4.54. The molecule has 0 amide bonds. The molecule has 1 aliphatic heterocycles. The van der Waals surface area contributed by atoms with Crippen molar-refractivity contribution in [3.63, 3.8) is 0 Å². The summed E-state index contributed by atoms with van der Waals surface area (Å²) in [5.41, 5.74) is 2.70. The number of hydrogen-bond acceptors (Lipinski definition) is 3. The quantitative estimate of drug-likeness (QED) is 0.815. The fourth-order valence-corrected chi connectivity index (χ4v) is 3.23. The molecular formula is C20H26N2O. The van der Waals surface area contributed by atoms with Crippen LogP contribution in [0.15, 0.2) is 60.7 Å². The highest BCUT2D eigenvalue weighted by molar-refractivity contribution is 5.31. The third-order valence-corrected chi connectivity index (χ3v) is 4.54. The predicted molar refractivity (Wildman–Crippen MR) is 94.6 cm³/mol. The molecule has 0 aromatic heterocycles. The van der Waals surface area contributed by atoms with Gasteiger partial charge in [0.25, 0.3) is 0 Å². The van der Waals surface area contributed by atoms with Crippen molar-refractivity contribution in [2.75, 3.05) is 46.4 Å². The maximum atomic E-state index is 5.44. The molecule has 0 bridgehead atoms. The second kappa shape index (κ2) is 8.25. The van der Waals surface area contributed by atoms with Gasteiger partial charge < -0.3 is 4.74 Å². The van der Waals surface area contributed by atoms with Crippen LogP contribution in [-0.2, 0) is 4.74 Å². The van der Waals surface area contributed by atoms with Crippen molar-refractivity contribution in [1.29, 1.82) is 0 Å². The van der Waals surface area contributed by atoms with E-state index in [2.05, 4.69) is 77.5 Å². The van der Waals surface area contributed by atoms with E-state index in [1.165, 1.54) is 11.1 Å². The topological polar surface area (TPSA) is 15.7 Å². The first-order chi connectivity index (χ1) is 11.3. The zero-order valence-corrected chi connectivity index (χ0v) is 13.9. The van der Waals surface area contributed by atoms with Crippen LogP contribution >= 0.6 is 0 Å². The van der Waals surface area contributed by atoms with E-state index in [9.17, 15) is 0 Å². The molecule has 1 aliphatic rings. The first-order valence-corrected chi connectivity index (χ1v) is 8.45. The van der Waals surface area contributed by atoms with Crippen molar-refractivity contribution in [2.45, 2.75) is 6.04 Å². The zero-order valence-electron chi connectivity index (χ0n) is 13.9. The molecule has 2 aromatic rings. The van der Waals surface area contributed by atoms with Crippen LogP contribution in [0.1, 0.15) is 17.2 Å². The third kappa shape index (κ3) is 4.41. The zero-order chi connectivity index (χ0) is 15.9. The number of ether oxygens (including phenoxy) is 1. The highest BCUT2D eigenvalue weighted by atomic mass is 16.5. The number of rotatable bonds is 6. The maximum Gasteiger partial charge on any atom is 0.0599 e. The summed E-state index contributed by atoms with van der Waals surface area (Å²) in [6.07, 6.45) is 0. The summed E-state index contributed by atoms with van der Waals surface area (Å²) in [7, 11) is 2.23. The lowest BCUT2D eigenvalue weighted by atomic mass is 9.97. The van der Waals surface area contributed by atoms with Crippen molar-refractivity contribution < 1.29 is 4.74 Å². The van der Waals surface area contributed by atoms with Gasteiger partial charge in [-0.2, -0.15) is 0 Å². The Morgan fingerprint density at radius 3 is 1.96 bits per heavy atom. The summed E-state index contributed by atoms with van der Waals surface area (Å²) in [5.74, 6) is 0. The Hall–Kier alpha value is -1.68. The van der Waals surface area contributed by atoms with E-state index in [0.29, 0.717) is 6.04 Å². The number of hydrogen-bond donors (Lipinski definition) is 0. The van der Waals surface area contributed by atoms with Gasteiger partial charge in [-0.1, -0.05) is 60.7 Å². The number of likely N-dealkylation sites (N-methyl/N-ethyl adjacent to an activating group) is 1. The molecule has 3 nitrogen and oxygen atoms in total. The van der Waals surface area contributed by atoms with Crippen molar-refractivity contribution in [2.24, 2.45) is 0 Å². The smallest absolute Gasteiger partial charge is 0.0599 e. The fourth-order valence-electron chi connectivity index (χ4n) is 3.23. The van der Waals surface area contributed by atoms with Gasteiger partial charge in [0.05, 0.1) is 19.3 Å². The van der Waals surface area contributed by atoms with Gasteiger partial charge in [-0.05, 0) is 18.2 Å². The fraction of sp³-hybridized carbons (Fsp3) is 0.400. The molecule has 0 N–H and O–H groups in total. The number of nitrogens with zero attached hydrogens (tertiary/aromatic N) is 2. The summed E-state index contributed by atoms with van der Waals surface area (Å²) in [5, 5.41) is 0. The molecular weight excluding hydrogens is 284 g/mol. The summed E-state index contributed by atoms with van der Waals surface area (Å²) < 4.78 is 5.44. The molecule has 23 heavy (non-hydrogen) atoms. The number of morpholine rings is 1. The lowest BCUT2D eigenvalue weighted by Gasteiger charge is -2.33. The van der Waals surface area contributed by atoms with Gasteiger partial charge >= 0.3 is 0 Å². The van der Waals surface area contributed by atoms with Gasteiger partial charge in [-0.3, -0.25) is 9.80 Å². The van der Waals surface area contributed by atoms with Gasteiger partial charge in [0.15, 0.2) is 0 Å². The van der Waals surface area contributed by atoms with E-state index in [-0.39, 0.29) is 0 Å². The minimum atomic E-state index is 0.304. The minimum absolute atomic E-state index is 0.304. The molecule has 0 aliphatic carbocycles. The molecule has 0 atom stereocenters. The normalized spacial score (nSPS) is 16.1. The summed E-state index contributed by atoms with van der Waals surface area (Å²) >= 11 is 0. The summed E-state index contributed by atoms with van der Waals surface area (Å²) in [6.45, 7) is 5.98. The Bertz CT molecular complexity index is 527. The summed E-state index contributed by atoms with van der Waals surface area (Å²) in [6, 6.07) is 21.9. The molecule has 122 valence electrons. The Labute approximate surface area is 139 Å². The van der Waals surface area contributed by atoms with E-state index in [0.717, 1.165) is 39.4 Å². The highest BCUT2D eigenvalue weighted by Crippen LogP contribution is 2.27. The average Bonchev–Trinajstić information content (AvgIpc) is 2.63. The molecule has 0 saturated carbocycles. The average molecular weight is 310 g/mol. The molecule has 0 unspecified atom stereocenters. The SMILES string of the molecule is CN(CCN1CCOCC1)C(c1ccccc1)c1ccccc1. The van der Waals surface area contributed by atoms with Crippen LogP contribution in [-0.4, -0.2) is 56.2 Å². The minimum Gasteiger partial charge on any atom is -0.379 e. The Balaban J connectivity index is 1.72. The second-order valence-corrected chi connectivity index (χ2v) is 6.16. The van der Waals surface area contributed by atoms with Crippen molar-refractivity contribution in [1.82, 2.24) is 9.80 Å². The van der Waals surface area contributed by atoms with Gasteiger partial charge in [0.2, 0.25) is 0 Å². The van der Waals surface area contributed by atoms with Gasteiger partial charge in [0.1, 0.15) is 0 Å². The van der Waals surface area contributed by atoms with Crippen LogP contribution < -0.4 is 0 Å². The Kier molecular flexibility index (Phi) is 5.81. The van der Waals surface area contributed by atoms with Crippen LogP contribution in [0.2, 0.25) is 0 Å². The van der Waals surface area contributed by atoms with Gasteiger partial charge in [-0.25, -0.2) is 0 Å². The van der Waals surface area contributed by atoms with Crippen LogP contribution in [0.4, 0.5) is 0 Å². The van der Waals surface area contributed by atoms with Crippen LogP contribution in [0.25, 0.3) is 0 Å². The monoisotopic (exact) mass is 310 g/mol. The predicted octanol–water partition coefficient (Wildman–Crippen LogP) is 3.04. The van der Waals surface area contributed by atoms with Crippen molar-refractivity contribution >= 4 is 0 Å². The molecule has 2 aromatic carbocycles. The number of benzene rings is 2. The molecule has 0 spiro atoms. The Morgan fingerprint density at radius 2 is 1.43 bits per heavy atom. The van der Waals surface area contributed by atoms with Crippen LogP contribution in [0.5, 0.6) is 0 Å². The first-order valence-electron chi connectivity index (χ1n) is 8.45. The molecule has 3 rings (SSSR count). The molecule has 1 fully saturated rings. The van der Waals surface area contributed by atoms with E-state index in [4.69, 9.17) is 4.74 Å². The second-order valence-electron chi connectivity index (χ2n) is 6.16. The molecule has 1 heterocycles. The molecule has 0 radical (unpaired) electrons. The van der Waals surface area contributed by atoms with Gasteiger partial charge in [-0.15, -0.1) is 0 Å². The van der Waals surface area contributed by atoms with Gasteiger partial charge in [0, 0.05) is 26.2 Å². The van der Waals surface area contributed by atoms with Crippen LogP contribution in [0.3, 0.4) is 0 Å². The van der Waals surface area contributed by atoms with Crippen molar-refractivity contribution in [3.8, 4) is 0 Å². The lowest BCUT2D eigenvalue weighted by molar-refractivity contribution is 0.0333. The highest BCUT2D eigenvalue weighted by Gasteiger charge is 2.20. The van der Waals surface area contributed by atoms with E-state index in [1.54, 1.807) is 0 Å². The Morgan fingerprint density at radius 1 is 0.913 bits per heavy atom. The summed E-state index contributed by atoms with van der Waals surface area (Å²) in [4.78, 5) is 4.95. The van der Waals surface area contributed by atoms with E-state index >= 15 is 0 Å². The molecule has 1 saturated heterocycles. The van der Waals surface area contributed by atoms with Crippen molar-refractivity contribution in [3.05, 3.63) is 71.8 Å².